The smallest absolute Gasteiger partial charge is 0.0638 e. The van der Waals surface area contributed by atoms with Crippen molar-refractivity contribution in [3.05, 3.63) is 200 Å². The summed E-state index contributed by atoms with van der Waals surface area (Å²) in [5.74, 6) is 0. The number of rotatable bonds is 7. The van der Waals surface area contributed by atoms with Crippen molar-refractivity contribution in [1.29, 1.82) is 0 Å². The highest BCUT2D eigenvalue weighted by atomic mass is 14.8. The Kier molecular flexibility index (Phi) is 14.0. The van der Waals surface area contributed by atoms with Gasteiger partial charge in [0.25, 0.3) is 0 Å². The second-order valence-electron chi connectivity index (χ2n) is 13.5. The van der Waals surface area contributed by atoms with E-state index in [0.29, 0.717) is 0 Å². The highest BCUT2D eigenvalue weighted by Gasteiger charge is 2.05. The molecule has 8 rings (SSSR count). The first-order valence-electron chi connectivity index (χ1n) is 18.9. The molecule has 0 aromatic heterocycles. The van der Waals surface area contributed by atoms with Crippen LogP contribution in [0.15, 0.2) is 234 Å². The first-order chi connectivity index (χ1) is 28.5. The zero-order valence-corrected chi connectivity index (χ0v) is 32.1. The molecule has 0 N–H and O–H groups in total. The van der Waals surface area contributed by atoms with Gasteiger partial charge in [-0.15, -0.1) is 0 Å². The summed E-state index contributed by atoms with van der Waals surface area (Å²) in [5, 5.41) is 0. The zero-order valence-electron chi connectivity index (χ0n) is 32.1. The monoisotopic (exact) mass is 782 g/mol. The minimum Gasteiger partial charge on any atom is -0.289 e. The van der Waals surface area contributed by atoms with Gasteiger partial charge in [0.15, 0.2) is 0 Å². The third-order valence-corrected chi connectivity index (χ3v) is 9.05. The minimum absolute atomic E-state index is 0. The van der Waals surface area contributed by atoms with Crippen molar-refractivity contribution in [2.45, 2.75) is 21.8 Å². The van der Waals surface area contributed by atoms with Crippen LogP contribution in [-0.2, 0) is 0 Å². The molecular formula is C52H46N8. The Hall–Kier alpha value is -7.84. The van der Waals surface area contributed by atoms with Crippen LogP contribution < -0.4 is 0 Å². The molecule has 60 heavy (non-hydrogen) atoms. The SMILES string of the molecule is C.C.CN=C1C=CC(=Nc2ccc(N=C3C=CC(=Nc4ccc(N=C5C=CC(=Nc6ccc(N=C7C=CC(=Nc8ccc(C)cc8)C=C7)cc6)C=C5)cc4)C=C3)cc2)C=C1. The summed E-state index contributed by atoms with van der Waals surface area (Å²) in [7, 11) is 1.78. The quantitative estimate of drug-likeness (QED) is 0.167. The van der Waals surface area contributed by atoms with Gasteiger partial charge in [0.1, 0.15) is 0 Å². The van der Waals surface area contributed by atoms with E-state index in [-0.39, 0.29) is 14.9 Å². The molecule has 0 amide bonds. The maximum Gasteiger partial charge on any atom is 0.0638 e. The maximum atomic E-state index is 4.78. The Morgan fingerprint density at radius 1 is 0.233 bits per heavy atom. The fraction of sp³-hybridized carbons (Fsp3) is 0.0769. The number of nitrogens with zero attached hydrogens (tertiary/aromatic N) is 8. The standard InChI is InChI=1S/C50H38N8.2CH4/c1-35-3-5-37(6-4-35)52-39-11-13-41(14-12-39)54-43-19-21-45(22-20-43)56-47-27-29-49(30-28-47)58-50-33-31-48(32-34-50)57-46-25-23-44(24-26-46)55-42-17-15-40(16-18-42)53-38-9-7-36(51-2)8-10-38;;/h3-34H,1-2H3;2*1H4. The second-order valence-corrected chi connectivity index (χ2v) is 13.5. The third-order valence-electron chi connectivity index (χ3n) is 9.05. The lowest BCUT2D eigenvalue weighted by atomic mass is 10.1. The zero-order chi connectivity index (χ0) is 39.5. The van der Waals surface area contributed by atoms with Gasteiger partial charge in [0.2, 0.25) is 0 Å². The first kappa shape index (κ1) is 41.8. The second kappa shape index (κ2) is 20.0. The normalized spacial score (nSPS) is 14.8. The van der Waals surface area contributed by atoms with E-state index in [2.05, 4.69) is 34.0 Å². The third kappa shape index (κ3) is 11.6. The summed E-state index contributed by atoms with van der Waals surface area (Å²) < 4.78 is 0. The highest BCUT2D eigenvalue weighted by molar-refractivity contribution is 6.21. The lowest BCUT2D eigenvalue weighted by molar-refractivity contribution is 1.43. The Morgan fingerprint density at radius 2 is 0.383 bits per heavy atom. The molecular weight excluding hydrogens is 737 g/mol. The molecule has 0 radical (unpaired) electrons. The van der Waals surface area contributed by atoms with Gasteiger partial charge in [0, 0.05) is 7.05 Å². The van der Waals surface area contributed by atoms with Gasteiger partial charge in [-0.05, 0) is 189 Å². The van der Waals surface area contributed by atoms with Crippen molar-refractivity contribution < 1.29 is 0 Å². The Labute approximate surface area is 352 Å². The van der Waals surface area contributed by atoms with Crippen molar-refractivity contribution in [3.8, 4) is 0 Å². The number of aliphatic imine (C=N–C) groups is 8. The van der Waals surface area contributed by atoms with Crippen LogP contribution in [0.5, 0.6) is 0 Å². The molecule has 0 heterocycles. The van der Waals surface area contributed by atoms with E-state index in [0.717, 1.165) is 85.5 Å². The van der Waals surface area contributed by atoms with E-state index in [1.165, 1.54) is 5.56 Å². The molecule has 4 aromatic carbocycles. The molecule has 294 valence electrons. The van der Waals surface area contributed by atoms with E-state index in [4.69, 9.17) is 25.0 Å². The Balaban J connectivity index is 0.00000302. The topological polar surface area (TPSA) is 98.9 Å². The molecule has 0 aliphatic heterocycles. The van der Waals surface area contributed by atoms with E-state index in [1.54, 1.807) is 7.05 Å². The summed E-state index contributed by atoms with van der Waals surface area (Å²) in [6, 6.07) is 31.8. The summed E-state index contributed by atoms with van der Waals surface area (Å²) in [6.07, 6.45) is 31.5. The van der Waals surface area contributed by atoms with Crippen LogP contribution in [0, 0.1) is 6.92 Å². The molecule has 8 nitrogen and oxygen atoms in total. The fourth-order valence-corrected chi connectivity index (χ4v) is 5.95. The molecule has 4 aliphatic carbocycles. The summed E-state index contributed by atoms with van der Waals surface area (Å²) in [6.45, 7) is 2.07. The van der Waals surface area contributed by atoms with Crippen LogP contribution in [0.25, 0.3) is 0 Å². The number of allylic oxidation sites excluding steroid dienone is 16. The van der Waals surface area contributed by atoms with Crippen LogP contribution in [0.1, 0.15) is 20.4 Å². The molecule has 4 aromatic rings. The van der Waals surface area contributed by atoms with Gasteiger partial charge in [-0.1, -0.05) is 32.5 Å². The van der Waals surface area contributed by atoms with E-state index in [1.807, 2.05) is 182 Å². The maximum absolute atomic E-state index is 4.78. The Morgan fingerprint density at radius 3 is 0.550 bits per heavy atom. The van der Waals surface area contributed by atoms with Crippen LogP contribution in [0.3, 0.4) is 0 Å². The van der Waals surface area contributed by atoms with Gasteiger partial charge in [0.05, 0.1) is 85.5 Å². The van der Waals surface area contributed by atoms with Gasteiger partial charge in [-0.2, -0.15) is 0 Å². The molecule has 0 unspecified atom stereocenters. The predicted octanol–water partition coefficient (Wildman–Crippen LogP) is 13.5. The van der Waals surface area contributed by atoms with Crippen molar-refractivity contribution in [2.75, 3.05) is 7.05 Å². The molecule has 0 fully saturated rings. The van der Waals surface area contributed by atoms with Crippen molar-refractivity contribution in [3.63, 3.8) is 0 Å². The lowest BCUT2D eigenvalue weighted by Gasteiger charge is -2.05. The summed E-state index contributed by atoms with van der Waals surface area (Å²) in [5.41, 5.74) is 14.2. The average Bonchev–Trinajstić information content (AvgIpc) is 3.26. The lowest BCUT2D eigenvalue weighted by Crippen LogP contribution is -1.99. The van der Waals surface area contributed by atoms with Gasteiger partial charge < -0.3 is 0 Å². The minimum atomic E-state index is 0. The largest absolute Gasteiger partial charge is 0.289 e. The number of hydrogen-bond donors (Lipinski definition) is 0. The van der Waals surface area contributed by atoms with Crippen LogP contribution in [-0.4, -0.2) is 52.7 Å². The van der Waals surface area contributed by atoms with Crippen LogP contribution >= 0.6 is 0 Å². The molecule has 0 bridgehead atoms. The molecule has 8 heteroatoms. The predicted molar refractivity (Wildman–Crippen MR) is 260 cm³/mol. The van der Waals surface area contributed by atoms with E-state index >= 15 is 0 Å². The molecule has 0 saturated heterocycles. The van der Waals surface area contributed by atoms with Crippen LogP contribution in [0.4, 0.5) is 39.8 Å². The molecule has 0 atom stereocenters. The molecule has 0 saturated carbocycles. The number of hydrogen-bond acceptors (Lipinski definition) is 8. The number of benzene rings is 4. The molecule has 4 aliphatic rings. The van der Waals surface area contributed by atoms with E-state index in [9.17, 15) is 0 Å². The van der Waals surface area contributed by atoms with Crippen molar-refractivity contribution >= 4 is 85.5 Å². The summed E-state index contributed by atoms with van der Waals surface area (Å²) in [4.78, 5) is 37.3. The number of aryl methyl sites for hydroxylation is 1. The van der Waals surface area contributed by atoms with Crippen molar-refractivity contribution in [1.82, 2.24) is 0 Å². The van der Waals surface area contributed by atoms with Gasteiger partial charge in [-0.25, -0.2) is 34.9 Å². The average molecular weight is 783 g/mol. The Bertz CT molecular complexity index is 2640. The van der Waals surface area contributed by atoms with E-state index < -0.39 is 0 Å². The van der Waals surface area contributed by atoms with Gasteiger partial charge in [-0.3, -0.25) is 4.99 Å². The molecule has 0 spiro atoms. The van der Waals surface area contributed by atoms with Crippen molar-refractivity contribution in [2.24, 2.45) is 39.9 Å². The van der Waals surface area contributed by atoms with Gasteiger partial charge >= 0.3 is 0 Å². The van der Waals surface area contributed by atoms with Crippen LogP contribution in [0.2, 0.25) is 0 Å². The first-order valence-corrected chi connectivity index (χ1v) is 18.9. The highest BCUT2D eigenvalue weighted by Crippen LogP contribution is 2.24. The fourth-order valence-electron chi connectivity index (χ4n) is 5.95. The summed E-state index contributed by atoms with van der Waals surface area (Å²) >= 11 is 0.